The van der Waals surface area contributed by atoms with Crippen LogP contribution >= 0.6 is 0 Å². The van der Waals surface area contributed by atoms with Crippen molar-refractivity contribution < 1.29 is 19.1 Å². The van der Waals surface area contributed by atoms with Crippen LogP contribution in [0.25, 0.3) is 0 Å². The fourth-order valence-electron chi connectivity index (χ4n) is 4.69. The van der Waals surface area contributed by atoms with Gasteiger partial charge in [-0.2, -0.15) is 0 Å². The molecule has 0 saturated heterocycles. The lowest BCUT2D eigenvalue weighted by Crippen LogP contribution is -2.52. The molecule has 2 aromatic carbocycles. The fourth-order valence-corrected chi connectivity index (χ4v) is 4.69. The predicted octanol–water partition coefficient (Wildman–Crippen LogP) is 5.26. The molecule has 3 rings (SSSR count). The molecule has 188 valence electrons. The standard InChI is InChI=1S/C28H37N3O4/c1-8-22(32)31-16-20-14-9-10-15-21(20)24(30-27(34)35-28(5,6)7)19(4)25(31)26(33)29-23-17(2)12-11-13-18(23)3/h9-15,19,24-25H,8,16H2,1-7H3,(H,29,33)(H,30,34)/t19-,24-,25-/m0/s1. The molecule has 3 amide bonds. The van der Waals surface area contributed by atoms with Gasteiger partial charge in [0, 0.05) is 24.6 Å². The lowest BCUT2D eigenvalue weighted by Gasteiger charge is -2.35. The summed E-state index contributed by atoms with van der Waals surface area (Å²) in [5.74, 6) is -0.822. The molecule has 7 nitrogen and oxygen atoms in total. The van der Waals surface area contributed by atoms with Crippen molar-refractivity contribution in [2.75, 3.05) is 5.32 Å². The Labute approximate surface area is 208 Å². The molecule has 7 heteroatoms. The molecule has 0 aromatic heterocycles. The van der Waals surface area contributed by atoms with Crippen LogP contribution in [-0.2, 0) is 20.9 Å². The topological polar surface area (TPSA) is 87.7 Å². The van der Waals surface area contributed by atoms with Crippen molar-refractivity contribution in [3.8, 4) is 0 Å². The number of carbonyl (C=O) groups is 3. The third-order valence-corrected chi connectivity index (χ3v) is 6.38. The largest absolute Gasteiger partial charge is 0.444 e. The highest BCUT2D eigenvalue weighted by atomic mass is 16.6. The lowest BCUT2D eigenvalue weighted by atomic mass is 9.87. The summed E-state index contributed by atoms with van der Waals surface area (Å²) in [5.41, 5.74) is 3.74. The SMILES string of the molecule is CCC(=O)N1Cc2ccccc2[C@@H](NC(=O)OC(C)(C)C)[C@H](C)[C@H]1C(=O)Nc1c(C)cccc1C. The van der Waals surface area contributed by atoms with Crippen LogP contribution in [0.15, 0.2) is 42.5 Å². The predicted molar refractivity (Wildman–Crippen MR) is 137 cm³/mol. The Morgan fingerprint density at radius 2 is 1.66 bits per heavy atom. The molecule has 2 aromatic rings. The maximum absolute atomic E-state index is 13.8. The molecule has 0 spiro atoms. The fraction of sp³-hybridized carbons (Fsp3) is 0.464. The van der Waals surface area contributed by atoms with E-state index in [-0.39, 0.29) is 24.8 Å². The number of carbonyl (C=O) groups excluding carboxylic acids is 3. The van der Waals surface area contributed by atoms with Crippen LogP contribution in [0.2, 0.25) is 0 Å². The van der Waals surface area contributed by atoms with Gasteiger partial charge in [-0.05, 0) is 56.9 Å². The van der Waals surface area contributed by atoms with Gasteiger partial charge in [-0.25, -0.2) is 4.79 Å². The number of hydrogen-bond acceptors (Lipinski definition) is 4. The van der Waals surface area contributed by atoms with Gasteiger partial charge in [-0.3, -0.25) is 9.59 Å². The maximum atomic E-state index is 13.8. The first-order valence-corrected chi connectivity index (χ1v) is 12.2. The number of benzene rings is 2. The highest BCUT2D eigenvalue weighted by molar-refractivity contribution is 5.98. The van der Waals surface area contributed by atoms with E-state index in [9.17, 15) is 14.4 Å². The summed E-state index contributed by atoms with van der Waals surface area (Å²) in [6.07, 6.45) is -0.292. The molecule has 0 fully saturated rings. The van der Waals surface area contributed by atoms with E-state index in [4.69, 9.17) is 4.74 Å². The molecule has 35 heavy (non-hydrogen) atoms. The highest BCUT2D eigenvalue weighted by Crippen LogP contribution is 2.36. The minimum atomic E-state index is -0.797. The van der Waals surface area contributed by atoms with Crippen molar-refractivity contribution in [1.82, 2.24) is 10.2 Å². The summed E-state index contributed by atoms with van der Waals surface area (Å²) in [6.45, 7) is 13.3. The van der Waals surface area contributed by atoms with Crippen molar-refractivity contribution in [2.45, 2.75) is 79.1 Å². The van der Waals surface area contributed by atoms with Crippen molar-refractivity contribution >= 4 is 23.6 Å². The number of alkyl carbamates (subject to hydrolysis) is 1. The Kier molecular flexibility index (Phi) is 7.88. The molecular formula is C28H37N3O4. The Hall–Kier alpha value is -3.35. The molecule has 0 aliphatic carbocycles. The van der Waals surface area contributed by atoms with Gasteiger partial charge in [0.05, 0.1) is 6.04 Å². The summed E-state index contributed by atoms with van der Waals surface area (Å²) in [6, 6.07) is 12.2. The number of nitrogens with zero attached hydrogens (tertiary/aromatic N) is 1. The van der Waals surface area contributed by atoms with Gasteiger partial charge >= 0.3 is 6.09 Å². The molecular weight excluding hydrogens is 442 g/mol. The van der Waals surface area contributed by atoms with E-state index < -0.39 is 29.7 Å². The van der Waals surface area contributed by atoms with Gasteiger partial charge < -0.3 is 20.3 Å². The summed E-state index contributed by atoms with van der Waals surface area (Å²) in [7, 11) is 0. The van der Waals surface area contributed by atoms with Crippen LogP contribution in [0, 0.1) is 19.8 Å². The van der Waals surface area contributed by atoms with Crippen LogP contribution in [-0.4, -0.2) is 34.5 Å². The Morgan fingerprint density at radius 3 is 2.26 bits per heavy atom. The molecule has 1 aliphatic heterocycles. The van der Waals surface area contributed by atoms with Crippen LogP contribution in [0.5, 0.6) is 0 Å². The van der Waals surface area contributed by atoms with Gasteiger partial charge in [-0.15, -0.1) is 0 Å². The number of hydrogen-bond donors (Lipinski definition) is 2. The van der Waals surface area contributed by atoms with Crippen LogP contribution < -0.4 is 10.6 Å². The zero-order chi connectivity index (χ0) is 25.9. The average molecular weight is 480 g/mol. The molecule has 0 unspecified atom stereocenters. The Morgan fingerprint density at radius 1 is 1.03 bits per heavy atom. The molecule has 2 N–H and O–H groups in total. The zero-order valence-corrected chi connectivity index (χ0v) is 21.8. The van der Waals surface area contributed by atoms with Crippen molar-refractivity contribution in [3.05, 3.63) is 64.7 Å². The molecule has 0 bridgehead atoms. The molecule has 0 radical (unpaired) electrons. The van der Waals surface area contributed by atoms with Gasteiger partial charge in [0.25, 0.3) is 0 Å². The molecule has 1 heterocycles. The van der Waals surface area contributed by atoms with E-state index in [0.29, 0.717) is 0 Å². The Bertz CT molecular complexity index is 1090. The summed E-state index contributed by atoms with van der Waals surface area (Å²) in [5, 5.41) is 6.07. The molecule has 3 atom stereocenters. The molecule has 0 saturated carbocycles. The van der Waals surface area contributed by atoms with Gasteiger partial charge in [0.15, 0.2) is 0 Å². The van der Waals surface area contributed by atoms with Gasteiger partial charge in [-0.1, -0.05) is 56.3 Å². The normalized spacial score (nSPS) is 19.9. The van der Waals surface area contributed by atoms with Gasteiger partial charge in [0.2, 0.25) is 11.8 Å². The summed E-state index contributed by atoms with van der Waals surface area (Å²) in [4.78, 5) is 41.4. The number of fused-ring (bicyclic) bond motifs is 1. The third-order valence-electron chi connectivity index (χ3n) is 6.38. The zero-order valence-electron chi connectivity index (χ0n) is 21.8. The van der Waals surface area contributed by atoms with Crippen molar-refractivity contribution in [1.29, 1.82) is 0 Å². The van der Waals surface area contributed by atoms with Gasteiger partial charge in [0.1, 0.15) is 11.6 Å². The van der Waals surface area contributed by atoms with E-state index >= 15 is 0 Å². The smallest absolute Gasteiger partial charge is 0.408 e. The third kappa shape index (κ3) is 6.02. The summed E-state index contributed by atoms with van der Waals surface area (Å²) >= 11 is 0. The van der Waals surface area contributed by atoms with Crippen LogP contribution in [0.1, 0.15) is 69.3 Å². The van der Waals surface area contributed by atoms with E-state index in [0.717, 1.165) is 27.9 Å². The minimum Gasteiger partial charge on any atom is -0.444 e. The second-order valence-electron chi connectivity index (χ2n) is 10.3. The first kappa shape index (κ1) is 26.3. The first-order valence-electron chi connectivity index (χ1n) is 12.2. The number of nitrogens with one attached hydrogen (secondary N) is 2. The van der Waals surface area contributed by atoms with E-state index in [1.54, 1.807) is 32.6 Å². The van der Waals surface area contributed by atoms with E-state index in [2.05, 4.69) is 10.6 Å². The highest BCUT2D eigenvalue weighted by Gasteiger charge is 2.42. The van der Waals surface area contributed by atoms with Crippen LogP contribution in [0.4, 0.5) is 10.5 Å². The number of anilines is 1. The summed E-state index contributed by atoms with van der Waals surface area (Å²) < 4.78 is 5.53. The second kappa shape index (κ2) is 10.5. The quantitative estimate of drug-likeness (QED) is 0.626. The number of para-hydroxylation sites is 1. The monoisotopic (exact) mass is 479 g/mol. The number of ether oxygens (including phenoxy) is 1. The maximum Gasteiger partial charge on any atom is 0.408 e. The van der Waals surface area contributed by atoms with Crippen LogP contribution in [0.3, 0.4) is 0 Å². The van der Waals surface area contributed by atoms with Crippen molar-refractivity contribution in [2.24, 2.45) is 5.92 Å². The van der Waals surface area contributed by atoms with E-state index in [1.807, 2.05) is 63.2 Å². The van der Waals surface area contributed by atoms with Crippen molar-refractivity contribution in [3.63, 3.8) is 0 Å². The number of rotatable bonds is 4. The minimum absolute atomic E-state index is 0.119. The number of aryl methyl sites for hydroxylation is 2. The average Bonchev–Trinajstić information content (AvgIpc) is 2.89. The second-order valence-corrected chi connectivity index (χ2v) is 10.3. The first-order chi connectivity index (χ1) is 16.4. The lowest BCUT2D eigenvalue weighted by molar-refractivity contribution is -0.141. The molecule has 1 aliphatic rings. The van der Waals surface area contributed by atoms with E-state index in [1.165, 1.54) is 0 Å². The number of amides is 3. The Balaban J connectivity index is 2.05.